The average molecular weight is 393 g/mol. The molecule has 0 spiro atoms. The van der Waals surface area contributed by atoms with Crippen molar-refractivity contribution in [2.75, 3.05) is 36.3 Å². The van der Waals surface area contributed by atoms with E-state index in [2.05, 4.69) is 34.2 Å². The molecule has 2 rings (SSSR count). The predicted octanol–water partition coefficient (Wildman–Crippen LogP) is 2.65. The Bertz CT molecular complexity index is 607. The zero-order valence-electron chi connectivity index (χ0n) is 12.5. The number of rotatable bonds is 4. The van der Waals surface area contributed by atoms with Gasteiger partial charge in [0.25, 0.3) is 0 Å². The SMILES string of the molecule is CNC(C)c1cc(Br)ccc1N1CCSCC1S(C)(=O)=O. The molecule has 0 amide bonds. The molecule has 2 unspecified atom stereocenters. The number of thioether (sulfide) groups is 1. The van der Waals surface area contributed by atoms with Crippen LogP contribution in [0.5, 0.6) is 0 Å². The third-order valence-electron chi connectivity index (χ3n) is 3.78. The van der Waals surface area contributed by atoms with Crippen molar-refractivity contribution in [1.82, 2.24) is 5.32 Å². The molecule has 2 atom stereocenters. The molecule has 1 aromatic carbocycles. The van der Waals surface area contributed by atoms with E-state index in [4.69, 9.17) is 0 Å². The summed E-state index contributed by atoms with van der Waals surface area (Å²) in [6.45, 7) is 2.84. The summed E-state index contributed by atoms with van der Waals surface area (Å²) >= 11 is 5.21. The molecule has 1 heterocycles. The number of nitrogens with zero attached hydrogens (tertiary/aromatic N) is 1. The van der Waals surface area contributed by atoms with Gasteiger partial charge in [-0.25, -0.2) is 8.42 Å². The summed E-state index contributed by atoms with van der Waals surface area (Å²) in [5.41, 5.74) is 2.13. The van der Waals surface area contributed by atoms with E-state index in [1.807, 2.05) is 24.1 Å². The fraction of sp³-hybridized carbons (Fsp3) is 0.571. The van der Waals surface area contributed by atoms with Gasteiger partial charge < -0.3 is 10.2 Å². The largest absolute Gasteiger partial charge is 0.353 e. The Morgan fingerprint density at radius 3 is 2.81 bits per heavy atom. The number of sulfone groups is 1. The molecule has 0 bridgehead atoms. The van der Waals surface area contributed by atoms with E-state index in [9.17, 15) is 8.42 Å². The van der Waals surface area contributed by atoms with Crippen molar-refractivity contribution < 1.29 is 8.42 Å². The van der Waals surface area contributed by atoms with Crippen molar-refractivity contribution in [1.29, 1.82) is 0 Å². The zero-order valence-corrected chi connectivity index (χ0v) is 15.7. The molecule has 1 N–H and O–H groups in total. The highest BCUT2D eigenvalue weighted by atomic mass is 79.9. The molecular formula is C14H21BrN2O2S2. The van der Waals surface area contributed by atoms with Crippen LogP contribution in [0.3, 0.4) is 0 Å². The second-order valence-electron chi connectivity index (χ2n) is 5.27. The van der Waals surface area contributed by atoms with Gasteiger partial charge in [-0.05, 0) is 37.7 Å². The Hall–Kier alpha value is -0.240. The standard InChI is InChI=1S/C14H21BrN2O2S2/c1-10(16-2)12-8-11(15)4-5-13(12)17-6-7-20-9-14(17)21(3,18)19/h4-5,8,10,14,16H,6-7,9H2,1-3H3. The molecule has 1 saturated heterocycles. The molecule has 1 aromatic rings. The first-order valence-electron chi connectivity index (χ1n) is 6.84. The van der Waals surface area contributed by atoms with Crippen LogP contribution in [0.2, 0.25) is 0 Å². The minimum atomic E-state index is -3.11. The highest BCUT2D eigenvalue weighted by Crippen LogP contribution is 2.34. The van der Waals surface area contributed by atoms with Gasteiger partial charge >= 0.3 is 0 Å². The van der Waals surface area contributed by atoms with Crippen molar-refractivity contribution in [2.24, 2.45) is 0 Å². The number of benzene rings is 1. The number of nitrogens with one attached hydrogen (secondary N) is 1. The zero-order chi connectivity index (χ0) is 15.6. The van der Waals surface area contributed by atoms with E-state index in [-0.39, 0.29) is 6.04 Å². The van der Waals surface area contributed by atoms with E-state index in [0.717, 1.165) is 28.0 Å². The first-order chi connectivity index (χ1) is 9.84. The van der Waals surface area contributed by atoms with Crippen LogP contribution < -0.4 is 10.2 Å². The summed E-state index contributed by atoms with van der Waals surface area (Å²) in [5, 5.41) is 2.80. The van der Waals surface area contributed by atoms with Crippen LogP contribution in [0.25, 0.3) is 0 Å². The Balaban J connectivity index is 2.48. The molecule has 0 radical (unpaired) electrons. The van der Waals surface area contributed by atoms with Crippen LogP contribution in [0, 0.1) is 0 Å². The lowest BCUT2D eigenvalue weighted by Crippen LogP contribution is -2.47. The quantitative estimate of drug-likeness (QED) is 0.853. The van der Waals surface area contributed by atoms with Crippen LogP contribution >= 0.6 is 27.7 Å². The van der Waals surface area contributed by atoms with Gasteiger partial charge in [-0.2, -0.15) is 11.8 Å². The molecule has 1 fully saturated rings. The fourth-order valence-corrected chi connectivity index (χ4v) is 5.71. The van der Waals surface area contributed by atoms with Gasteiger partial charge in [-0.3, -0.25) is 0 Å². The highest BCUT2D eigenvalue weighted by molar-refractivity contribution is 9.10. The average Bonchev–Trinajstić information content (AvgIpc) is 2.45. The first-order valence-corrected chi connectivity index (χ1v) is 10.7. The lowest BCUT2D eigenvalue weighted by molar-refractivity contribution is 0.583. The maximum atomic E-state index is 12.1. The van der Waals surface area contributed by atoms with Crippen LogP contribution in [0.1, 0.15) is 18.5 Å². The van der Waals surface area contributed by atoms with Gasteiger partial charge in [0.2, 0.25) is 0 Å². The second-order valence-corrected chi connectivity index (χ2v) is 9.53. The summed E-state index contributed by atoms with van der Waals surface area (Å²) < 4.78 is 25.2. The summed E-state index contributed by atoms with van der Waals surface area (Å²) in [5.74, 6) is 1.58. The third-order valence-corrected chi connectivity index (χ3v) is 6.91. The van der Waals surface area contributed by atoms with Gasteiger partial charge in [0, 0.05) is 40.5 Å². The first kappa shape index (κ1) is 17.1. The molecule has 7 heteroatoms. The van der Waals surface area contributed by atoms with Crippen molar-refractivity contribution in [3.63, 3.8) is 0 Å². The van der Waals surface area contributed by atoms with E-state index in [1.54, 1.807) is 11.8 Å². The van der Waals surface area contributed by atoms with E-state index in [0.29, 0.717) is 5.75 Å². The second kappa shape index (κ2) is 6.89. The minimum Gasteiger partial charge on any atom is -0.353 e. The molecule has 1 aliphatic rings. The lowest BCUT2D eigenvalue weighted by atomic mass is 10.1. The van der Waals surface area contributed by atoms with Crippen molar-refractivity contribution >= 4 is 43.2 Å². The van der Waals surface area contributed by atoms with Gasteiger partial charge in [0.15, 0.2) is 9.84 Å². The molecule has 21 heavy (non-hydrogen) atoms. The van der Waals surface area contributed by atoms with E-state index < -0.39 is 15.2 Å². The van der Waals surface area contributed by atoms with Crippen LogP contribution in [-0.4, -0.2) is 45.1 Å². The Kier molecular flexibility index (Phi) is 5.62. The number of hydrogen-bond acceptors (Lipinski definition) is 5. The number of anilines is 1. The van der Waals surface area contributed by atoms with Crippen molar-refractivity contribution in [3.8, 4) is 0 Å². The Labute approximate surface area is 139 Å². The van der Waals surface area contributed by atoms with E-state index >= 15 is 0 Å². The van der Waals surface area contributed by atoms with Crippen molar-refractivity contribution in [2.45, 2.75) is 18.3 Å². The smallest absolute Gasteiger partial charge is 0.169 e. The lowest BCUT2D eigenvalue weighted by Gasteiger charge is -2.37. The Morgan fingerprint density at radius 1 is 1.48 bits per heavy atom. The normalized spacial score (nSPS) is 21.3. The molecule has 0 aliphatic carbocycles. The summed E-state index contributed by atoms with van der Waals surface area (Å²) in [4.78, 5) is 2.04. The van der Waals surface area contributed by atoms with Gasteiger partial charge in [-0.15, -0.1) is 0 Å². The molecular weight excluding hydrogens is 372 g/mol. The van der Waals surface area contributed by atoms with E-state index in [1.165, 1.54) is 6.26 Å². The highest BCUT2D eigenvalue weighted by Gasteiger charge is 2.32. The minimum absolute atomic E-state index is 0.160. The monoisotopic (exact) mass is 392 g/mol. The number of halogens is 1. The van der Waals surface area contributed by atoms with Crippen molar-refractivity contribution in [3.05, 3.63) is 28.2 Å². The summed E-state index contributed by atoms with van der Waals surface area (Å²) in [6, 6.07) is 6.22. The summed E-state index contributed by atoms with van der Waals surface area (Å²) in [7, 11) is -1.20. The van der Waals surface area contributed by atoms with Crippen LogP contribution in [0.15, 0.2) is 22.7 Å². The summed E-state index contributed by atoms with van der Waals surface area (Å²) in [6.07, 6.45) is 1.33. The van der Waals surface area contributed by atoms with Gasteiger partial charge in [0.05, 0.1) is 0 Å². The topological polar surface area (TPSA) is 49.4 Å². The Morgan fingerprint density at radius 2 is 2.19 bits per heavy atom. The molecule has 0 aromatic heterocycles. The molecule has 118 valence electrons. The van der Waals surface area contributed by atoms with Gasteiger partial charge in [0.1, 0.15) is 5.37 Å². The molecule has 0 saturated carbocycles. The van der Waals surface area contributed by atoms with Crippen LogP contribution in [-0.2, 0) is 9.84 Å². The third kappa shape index (κ3) is 3.94. The van der Waals surface area contributed by atoms with Crippen LogP contribution in [0.4, 0.5) is 5.69 Å². The fourth-order valence-electron chi connectivity index (χ4n) is 2.50. The molecule has 1 aliphatic heterocycles. The number of hydrogen-bond donors (Lipinski definition) is 1. The predicted molar refractivity (Wildman–Crippen MR) is 94.9 cm³/mol. The van der Waals surface area contributed by atoms with Gasteiger partial charge in [-0.1, -0.05) is 15.9 Å². The maximum Gasteiger partial charge on any atom is 0.169 e. The molecule has 4 nitrogen and oxygen atoms in total. The maximum absolute atomic E-state index is 12.1.